The fraction of sp³-hybridized carbons (Fsp3) is 0.133. The van der Waals surface area contributed by atoms with Gasteiger partial charge in [-0.3, -0.25) is 4.68 Å². The van der Waals surface area contributed by atoms with Crippen LogP contribution in [0, 0.1) is 11.6 Å². The molecule has 1 aliphatic rings. The van der Waals surface area contributed by atoms with Gasteiger partial charge in [-0.05, 0) is 17.7 Å². The summed E-state index contributed by atoms with van der Waals surface area (Å²) in [4.78, 5) is 1.42. The average Bonchev–Trinajstić information content (AvgIpc) is 2.89. The molecule has 3 rings (SSSR count). The largest absolute Gasteiger partial charge is 0.311 e. The first kappa shape index (κ1) is 13.5. The summed E-state index contributed by atoms with van der Waals surface area (Å²) >= 11 is 0. The molecular formula is C15H12F3N3. The first-order valence-electron chi connectivity index (χ1n) is 6.34. The normalized spacial score (nSPS) is 15.0. The number of aromatic nitrogens is 2. The Morgan fingerprint density at radius 1 is 1.14 bits per heavy atom. The highest BCUT2D eigenvalue weighted by atomic mass is 19.2. The highest BCUT2D eigenvalue weighted by molar-refractivity contribution is 5.80. The van der Waals surface area contributed by atoms with E-state index in [1.807, 2.05) is 0 Å². The Morgan fingerprint density at radius 2 is 1.95 bits per heavy atom. The number of aryl methyl sites for hydroxylation is 1. The molecule has 0 spiro atoms. The van der Waals surface area contributed by atoms with Gasteiger partial charge in [-0.1, -0.05) is 18.2 Å². The third-order valence-electron chi connectivity index (χ3n) is 3.27. The first-order chi connectivity index (χ1) is 10.1. The molecule has 0 saturated heterocycles. The smallest absolute Gasteiger partial charge is 0.202 e. The van der Waals surface area contributed by atoms with E-state index in [4.69, 9.17) is 0 Å². The standard InChI is InChI=1S/C15H12F3N3/c1-20-9-11(8-19-20)21-6-2-3-12(15(21)18)10-4-5-13(16)14(17)7-10/h2-5,7-9H,6H2,1H3. The quantitative estimate of drug-likeness (QED) is 0.791. The van der Waals surface area contributed by atoms with E-state index < -0.39 is 17.6 Å². The van der Waals surface area contributed by atoms with Crippen molar-refractivity contribution >= 4 is 11.3 Å². The number of benzene rings is 1. The number of allylic oxidation sites excluding steroid dienone is 2. The van der Waals surface area contributed by atoms with Crippen LogP contribution in [0.25, 0.3) is 5.57 Å². The second-order valence-electron chi connectivity index (χ2n) is 4.72. The minimum Gasteiger partial charge on any atom is -0.311 e. The van der Waals surface area contributed by atoms with Crippen LogP contribution < -0.4 is 4.90 Å². The molecule has 0 radical (unpaired) electrons. The summed E-state index contributed by atoms with van der Waals surface area (Å²) in [5.41, 5.74) is 1.10. The van der Waals surface area contributed by atoms with Crippen molar-refractivity contribution in [3.05, 3.63) is 65.9 Å². The van der Waals surface area contributed by atoms with E-state index in [1.165, 1.54) is 11.0 Å². The number of halogens is 3. The van der Waals surface area contributed by atoms with Crippen molar-refractivity contribution in [1.82, 2.24) is 9.78 Å². The molecule has 0 fully saturated rings. The molecule has 2 heterocycles. The third kappa shape index (κ3) is 2.44. The van der Waals surface area contributed by atoms with Gasteiger partial charge in [-0.25, -0.2) is 8.78 Å². The second-order valence-corrected chi connectivity index (χ2v) is 4.72. The maximum absolute atomic E-state index is 14.6. The van der Waals surface area contributed by atoms with Gasteiger partial charge in [0.25, 0.3) is 0 Å². The molecule has 6 heteroatoms. The summed E-state index contributed by atoms with van der Waals surface area (Å²) in [5, 5.41) is 4.00. The Labute approximate surface area is 119 Å². The van der Waals surface area contributed by atoms with Crippen LogP contribution in [0.2, 0.25) is 0 Å². The monoisotopic (exact) mass is 291 g/mol. The van der Waals surface area contributed by atoms with Crippen molar-refractivity contribution in [3.63, 3.8) is 0 Å². The maximum Gasteiger partial charge on any atom is 0.202 e. The zero-order valence-corrected chi connectivity index (χ0v) is 11.2. The minimum atomic E-state index is -1.00. The van der Waals surface area contributed by atoms with Gasteiger partial charge in [0.15, 0.2) is 11.6 Å². The van der Waals surface area contributed by atoms with Crippen LogP contribution in [0.4, 0.5) is 18.9 Å². The van der Waals surface area contributed by atoms with Crippen molar-refractivity contribution in [2.75, 3.05) is 11.4 Å². The Bertz CT molecular complexity index is 746. The fourth-order valence-corrected chi connectivity index (χ4v) is 2.22. The molecule has 0 bridgehead atoms. The average molecular weight is 291 g/mol. The van der Waals surface area contributed by atoms with Crippen LogP contribution in [0.15, 0.2) is 48.7 Å². The number of anilines is 1. The van der Waals surface area contributed by atoms with Crippen LogP contribution >= 0.6 is 0 Å². The van der Waals surface area contributed by atoms with Gasteiger partial charge in [0.05, 0.1) is 11.9 Å². The maximum atomic E-state index is 14.6. The molecule has 1 aromatic heterocycles. The van der Waals surface area contributed by atoms with Gasteiger partial charge in [-0.2, -0.15) is 9.49 Å². The number of nitrogens with zero attached hydrogens (tertiary/aromatic N) is 3. The SMILES string of the molecule is Cn1cc(N2CC=CC(c3ccc(F)c(F)c3)=C2F)cn1. The van der Waals surface area contributed by atoms with Crippen LogP contribution in [0.1, 0.15) is 5.56 Å². The lowest BCUT2D eigenvalue weighted by Gasteiger charge is -2.24. The highest BCUT2D eigenvalue weighted by Crippen LogP contribution is 2.31. The zero-order chi connectivity index (χ0) is 15.0. The molecule has 3 nitrogen and oxygen atoms in total. The Kier molecular flexibility index (Phi) is 3.29. The molecule has 2 aromatic rings. The van der Waals surface area contributed by atoms with E-state index in [-0.39, 0.29) is 11.1 Å². The second kappa shape index (κ2) is 5.12. The van der Waals surface area contributed by atoms with Crippen molar-refractivity contribution in [2.45, 2.75) is 0 Å². The topological polar surface area (TPSA) is 21.1 Å². The molecule has 0 atom stereocenters. The lowest BCUT2D eigenvalue weighted by molar-refractivity contribution is 0.508. The van der Waals surface area contributed by atoms with E-state index in [2.05, 4.69) is 5.10 Å². The van der Waals surface area contributed by atoms with Crippen molar-refractivity contribution in [3.8, 4) is 0 Å². The zero-order valence-electron chi connectivity index (χ0n) is 11.2. The summed E-state index contributed by atoms with van der Waals surface area (Å²) in [6, 6.07) is 3.33. The van der Waals surface area contributed by atoms with Crippen molar-refractivity contribution in [2.24, 2.45) is 7.05 Å². The number of hydrogen-bond acceptors (Lipinski definition) is 2. The molecule has 0 aliphatic carbocycles. The molecule has 21 heavy (non-hydrogen) atoms. The lowest BCUT2D eigenvalue weighted by Crippen LogP contribution is -2.23. The first-order valence-corrected chi connectivity index (χ1v) is 6.34. The summed E-state index contributed by atoms with van der Waals surface area (Å²) in [6.45, 7) is 0.352. The summed E-state index contributed by atoms with van der Waals surface area (Å²) in [5.74, 6) is -2.47. The van der Waals surface area contributed by atoms with Crippen LogP contribution in [-0.2, 0) is 7.05 Å². The van der Waals surface area contributed by atoms with Gasteiger partial charge in [0.1, 0.15) is 0 Å². The van der Waals surface area contributed by atoms with Crippen molar-refractivity contribution in [1.29, 1.82) is 0 Å². The number of hydrogen-bond donors (Lipinski definition) is 0. The minimum absolute atomic E-state index is 0.212. The molecule has 0 N–H and O–H groups in total. The number of rotatable bonds is 2. The predicted molar refractivity (Wildman–Crippen MR) is 74.1 cm³/mol. The fourth-order valence-electron chi connectivity index (χ4n) is 2.22. The predicted octanol–water partition coefficient (Wildman–Crippen LogP) is 3.41. The van der Waals surface area contributed by atoms with Gasteiger partial charge < -0.3 is 4.90 Å². The van der Waals surface area contributed by atoms with Gasteiger partial charge in [0.2, 0.25) is 5.95 Å². The van der Waals surface area contributed by atoms with Crippen LogP contribution in [0.3, 0.4) is 0 Å². The van der Waals surface area contributed by atoms with Gasteiger partial charge in [0, 0.05) is 25.4 Å². The summed E-state index contributed by atoms with van der Waals surface area (Å²) in [6.07, 6.45) is 6.55. The molecule has 0 saturated carbocycles. The lowest BCUT2D eigenvalue weighted by atomic mass is 10.0. The summed E-state index contributed by atoms with van der Waals surface area (Å²) in [7, 11) is 1.74. The molecular weight excluding hydrogens is 279 g/mol. The molecule has 108 valence electrons. The molecule has 1 aliphatic heterocycles. The Hall–Kier alpha value is -2.50. The Morgan fingerprint density at radius 3 is 2.62 bits per heavy atom. The molecule has 1 aromatic carbocycles. The van der Waals surface area contributed by atoms with Crippen molar-refractivity contribution < 1.29 is 13.2 Å². The summed E-state index contributed by atoms with van der Waals surface area (Å²) < 4.78 is 42.5. The van der Waals surface area contributed by atoms with E-state index in [9.17, 15) is 13.2 Å². The molecule has 0 unspecified atom stereocenters. The third-order valence-corrected chi connectivity index (χ3v) is 3.27. The van der Waals surface area contributed by atoms with Gasteiger partial charge >= 0.3 is 0 Å². The van der Waals surface area contributed by atoms with E-state index in [0.717, 1.165) is 12.1 Å². The van der Waals surface area contributed by atoms with Crippen LogP contribution in [0.5, 0.6) is 0 Å². The van der Waals surface area contributed by atoms with Gasteiger partial charge in [-0.15, -0.1) is 0 Å². The van der Waals surface area contributed by atoms with E-state index in [0.29, 0.717) is 12.2 Å². The van der Waals surface area contributed by atoms with E-state index >= 15 is 0 Å². The van der Waals surface area contributed by atoms with E-state index in [1.54, 1.807) is 36.3 Å². The highest BCUT2D eigenvalue weighted by Gasteiger charge is 2.21. The van der Waals surface area contributed by atoms with Crippen LogP contribution in [-0.4, -0.2) is 16.3 Å². The Balaban J connectivity index is 2.03. The molecule has 0 amide bonds.